The van der Waals surface area contributed by atoms with Gasteiger partial charge in [0.05, 0.1) is 0 Å². The van der Waals surface area contributed by atoms with Gasteiger partial charge < -0.3 is 15.0 Å². The number of carbonyl (C=O) groups is 1. The van der Waals surface area contributed by atoms with Gasteiger partial charge in [0.25, 0.3) is 5.91 Å². The summed E-state index contributed by atoms with van der Waals surface area (Å²) in [6, 6.07) is 24.5. The van der Waals surface area contributed by atoms with Gasteiger partial charge in [-0.15, -0.1) is 0 Å². The molecule has 0 spiro atoms. The molecule has 1 aliphatic heterocycles. The number of anilines is 1. The van der Waals surface area contributed by atoms with Gasteiger partial charge in [-0.05, 0) is 35.0 Å². The number of hydrogen-bond acceptors (Lipinski definition) is 4. The van der Waals surface area contributed by atoms with E-state index >= 15 is 0 Å². The molecule has 0 unspecified atom stereocenters. The molecule has 3 aromatic rings. The molecule has 1 aliphatic rings. The molecule has 5 nitrogen and oxygen atoms in total. The molecule has 1 amide bonds. The summed E-state index contributed by atoms with van der Waals surface area (Å²) in [5, 5.41) is 5.24. The molecule has 0 saturated carbocycles. The summed E-state index contributed by atoms with van der Waals surface area (Å²) in [5.74, 6) is 0.636. The molecular weight excluding hydrogens is 362 g/mol. The topological polar surface area (TPSA) is 44.8 Å². The van der Waals surface area contributed by atoms with Crippen LogP contribution in [0.5, 0.6) is 5.75 Å². The molecule has 4 rings (SSSR count). The Labute approximate surface area is 171 Å². The zero-order chi connectivity index (χ0) is 19.9. The predicted octanol–water partition coefficient (Wildman–Crippen LogP) is 3.16. The molecule has 150 valence electrons. The average molecular weight is 389 g/mol. The van der Waals surface area contributed by atoms with Crippen molar-refractivity contribution in [1.82, 2.24) is 10.2 Å². The number of para-hydroxylation sites is 1. The van der Waals surface area contributed by atoms with Crippen molar-refractivity contribution in [1.29, 1.82) is 0 Å². The highest BCUT2D eigenvalue weighted by Crippen LogP contribution is 2.20. The minimum atomic E-state index is -0.0823. The summed E-state index contributed by atoms with van der Waals surface area (Å²) in [7, 11) is 0. The highest BCUT2D eigenvalue weighted by atomic mass is 16.5. The van der Waals surface area contributed by atoms with E-state index < -0.39 is 0 Å². The van der Waals surface area contributed by atoms with Gasteiger partial charge in [0.1, 0.15) is 5.75 Å². The third-order valence-corrected chi connectivity index (χ3v) is 5.33. The van der Waals surface area contributed by atoms with Crippen molar-refractivity contribution >= 4 is 22.4 Å². The summed E-state index contributed by atoms with van der Waals surface area (Å²) in [6.45, 7) is 5.61. The molecule has 1 saturated heterocycles. The predicted molar refractivity (Wildman–Crippen MR) is 118 cm³/mol. The van der Waals surface area contributed by atoms with Gasteiger partial charge in [0, 0.05) is 45.0 Å². The van der Waals surface area contributed by atoms with E-state index in [2.05, 4.69) is 45.4 Å². The standard InChI is InChI=1S/C24H27N3O2/c28-24(19-29-23-11-10-20-6-4-5-7-21(20)18-23)25-12-13-26-14-16-27(17-15-26)22-8-2-1-3-9-22/h1-11,18H,12-17,19H2,(H,25,28). The number of carbonyl (C=O) groups excluding carboxylic acids is 1. The fraction of sp³-hybridized carbons (Fsp3) is 0.292. The molecule has 1 fully saturated rings. The molecule has 0 aliphatic carbocycles. The minimum Gasteiger partial charge on any atom is -0.484 e. The van der Waals surface area contributed by atoms with Gasteiger partial charge in [-0.1, -0.05) is 48.5 Å². The number of hydrogen-bond donors (Lipinski definition) is 1. The normalized spacial score (nSPS) is 14.7. The molecule has 0 atom stereocenters. The number of fused-ring (bicyclic) bond motifs is 1. The van der Waals surface area contributed by atoms with Crippen LogP contribution in [-0.4, -0.2) is 56.7 Å². The largest absolute Gasteiger partial charge is 0.484 e. The molecule has 3 aromatic carbocycles. The highest BCUT2D eigenvalue weighted by Gasteiger charge is 2.16. The van der Waals surface area contributed by atoms with Crippen LogP contribution < -0.4 is 15.0 Å². The Kier molecular flexibility index (Phi) is 6.27. The second kappa shape index (κ2) is 9.43. The molecule has 1 heterocycles. The van der Waals surface area contributed by atoms with Crippen molar-refractivity contribution in [2.75, 3.05) is 50.8 Å². The highest BCUT2D eigenvalue weighted by molar-refractivity contribution is 5.84. The van der Waals surface area contributed by atoms with Crippen molar-refractivity contribution in [2.45, 2.75) is 0 Å². The Hall–Kier alpha value is -3.05. The van der Waals surface area contributed by atoms with E-state index in [-0.39, 0.29) is 12.5 Å². The van der Waals surface area contributed by atoms with Crippen molar-refractivity contribution in [3.05, 3.63) is 72.8 Å². The first kappa shape index (κ1) is 19.3. The van der Waals surface area contributed by atoms with Crippen LogP contribution in [0, 0.1) is 0 Å². The van der Waals surface area contributed by atoms with Crippen LogP contribution in [0.15, 0.2) is 72.8 Å². The van der Waals surface area contributed by atoms with Crippen LogP contribution >= 0.6 is 0 Å². The lowest BCUT2D eigenvalue weighted by Gasteiger charge is -2.36. The van der Waals surface area contributed by atoms with Gasteiger partial charge in [-0.25, -0.2) is 0 Å². The monoisotopic (exact) mass is 389 g/mol. The Morgan fingerprint density at radius 2 is 1.59 bits per heavy atom. The molecule has 0 radical (unpaired) electrons. The van der Waals surface area contributed by atoms with E-state index in [9.17, 15) is 4.79 Å². The lowest BCUT2D eigenvalue weighted by Crippen LogP contribution is -2.48. The van der Waals surface area contributed by atoms with Crippen LogP contribution in [0.3, 0.4) is 0 Å². The molecule has 5 heteroatoms. The summed E-state index contributed by atoms with van der Waals surface area (Å²) in [4.78, 5) is 16.9. The number of nitrogens with one attached hydrogen (secondary N) is 1. The SMILES string of the molecule is O=C(COc1ccc2ccccc2c1)NCCN1CCN(c2ccccc2)CC1. The van der Waals surface area contributed by atoms with E-state index in [1.807, 2.05) is 42.5 Å². The Morgan fingerprint density at radius 1 is 0.862 bits per heavy atom. The quantitative estimate of drug-likeness (QED) is 0.674. The summed E-state index contributed by atoms with van der Waals surface area (Å²) in [5.41, 5.74) is 1.28. The number of rotatable bonds is 7. The van der Waals surface area contributed by atoms with Gasteiger partial charge in [0.15, 0.2) is 6.61 Å². The van der Waals surface area contributed by atoms with Gasteiger partial charge in [0.2, 0.25) is 0 Å². The van der Waals surface area contributed by atoms with E-state index in [1.54, 1.807) is 0 Å². The third-order valence-electron chi connectivity index (χ3n) is 5.33. The lowest BCUT2D eigenvalue weighted by molar-refractivity contribution is -0.123. The Bertz CT molecular complexity index is 937. The van der Waals surface area contributed by atoms with Crippen molar-refractivity contribution in [3.63, 3.8) is 0 Å². The molecule has 1 N–H and O–H groups in total. The van der Waals surface area contributed by atoms with Crippen LogP contribution in [0.1, 0.15) is 0 Å². The van der Waals surface area contributed by atoms with E-state index in [4.69, 9.17) is 4.74 Å². The Balaban J connectivity index is 1.15. The first-order valence-corrected chi connectivity index (χ1v) is 10.2. The summed E-state index contributed by atoms with van der Waals surface area (Å²) >= 11 is 0. The second-order valence-corrected chi connectivity index (χ2v) is 7.31. The maximum atomic E-state index is 12.1. The second-order valence-electron chi connectivity index (χ2n) is 7.31. The van der Waals surface area contributed by atoms with E-state index in [1.165, 1.54) is 5.69 Å². The number of ether oxygens (including phenoxy) is 1. The van der Waals surface area contributed by atoms with Crippen LogP contribution in [0.2, 0.25) is 0 Å². The minimum absolute atomic E-state index is 0.0418. The van der Waals surface area contributed by atoms with Gasteiger partial charge in [-0.3, -0.25) is 9.69 Å². The fourth-order valence-corrected chi connectivity index (χ4v) is 3.68. The number of benzene rings is 3. The number of amides is 1. The third kappa shape index (κ3) is 5.27. The van der Waals surface area contributed by atoms with Crippen molar-refractivity contribution < 1.29 is 9.53 Å². The number of piperazine rings is 1. The van der Waals surface area contributed by atoms with Crippen molar-refractivity contribution in [3.8, 4) is 5.75 Å². The molecular formula is C24H27N3O2. The zero-order valence-electron chi connectivity index (χ0n) is 16.6. The smallest absolute Gasteiger partial charge is 0.257 e. The average Bonchev–Trinajstić information content (AvgIpc) is 2.78. The van der Waals surface area contributed by atoms with E-state index in [0.29, 0.717) is 6.54 Å². The maximum Gasteiger partial charge on any atom is 0.257 e. The van der Waals surface area contributed by atoms with Crippen LogP contribution in [0.25, 0.3) is 10.8 Å². The molecule has 0 bridgehead atoms. The summed E-state index contributed by atoms with van der Waals surface area (Å²) in [6.07, 6.45) is 0. The van der Waals surface area contributed by atoms with Gasteiger partial charge >= 0.3 is 0 Å². The van der Waals surface area contributed by atoms with Crippen molar-refractivity contribution in [2.24, 2.45) is 0 Å². The van der Waals surface area contributed by atoms with Crippen LogP contribution in [0.4, 0.5) is 5.69 Å². The molecule has 0 aromatic heterocycles. The zero-order valence-corrected chi connectivity index (χ0v) is 16.6. The molecule has 29 heavy (non-hydrogen) atoms. The van der Waals surface area contributed by atoms with Gasteiger partial charge in [-0.2, -0.15) is 0 Å². The first-order chi connectivity index (χ1) is 14.3. The lowest BCUT2D eigenvalue weighted by atomic mass is 10.1. The maximum absolute atomic E-state index is 12.1. The van der Waals surface area contributed by atoms with Crippen LogP contribution in [-0.2, 0) is 4.79 Å². The number of nitrogens with zero attached hydrogens (tertiary/aromatic N) is 2. The summed E-state index contributed by atoms with van der Waals surface area (Å²) < 4.78 is 5.65. The first-order valence-electron chi connectivity index (χ1n) is 10.2. The van der Waals surface area contributed by atoms with E-state index in [0.717, 1.165) is 49.2 Å². The Morgan fingerprint density at radius 3 is 2.38 bits per heavy atom. The fourth-order valence-electron chi connectivity index (χ4n) is 3.68.